The topological polar surface area (TPSA) is 104 Å². The van der Waals surface area contributed by atoms with Gasteiger partial charge in [0.15, 0.2) is 0 Å². The average molecular weight is 271 g/mol. The summed E-state index contributed by atoms with van der Waals surface area (Å²) in [5.74, 6) is -1.68. The largest absolute Gasteiger partial charge is 0.481 e. The third-order valence-electron chi connectivity index (χ3n) is 3.38. The van der Waals surface area contributed by atoms with Crippen LogP contribution in [0.4, 0.5) is 0 Å². The number of hydrogen-bond donors (Lipinski definition) is 2. The summed E-state index contributed by atoms with van der Waals surface area (Å²) >= 11 is 0. The molecule has 0 bridgehead atoms. The molecule has 1 aliphatic heterocycles. The number of hydrogen-bond acceptors (Lipinski definition) is 4. The van der Waals surface area contributed by atoms with Gasteiger partial charge in [0.1, 0.15) is 0 Å². The van der Waals surface area contributed by atoms with Crippen molar-refractivity contribution < 1.29 is 19.5 Å². The van der Waals surface area contributed by atoms with E-state index in [0.717, 1.165) is 0 Å². The molecule has 7 heteroatoms. The maximum Gasteiger partial charge on any atom is 0.306 e. The SMILES string of the molecule is CCN(CC(N)=O)CC(=O)N1CCC(C(=O)O)CC1. The van der Waals surface area contributed by atoms with Crippen LogP contribution in [0.1, 0.15) is 19.8 Å². The van der Waals surface area contributed by atoms with Crippen LogP contribution in [0.25, 0.3) is 0 Å². The van der Waals surface area contributed by atoms with Gasteiger partial charge in [0.05, 0.1) is 19.0 Å². The summed E-state index contributed by atoms with van der Waals surface area (Å²) in [6, 6.07) is 0. The number of nitrogens with two attached hydrogens (primary N) is 1. The summed E-state index contributed by atoms with van der Waals surface area (Å²) in [6.07, 6.45) is 0.978. The molecule has 1 heterocycles. The minimum atomic E-state index is -0.795. The number of aliphatic carboxylic acids is 1. The Morgan fingerprint density at radius 3 is 2.26 bits per heavy atom. The third kappa shape index (κ3) is 4.86. The van der Waals surface area contributed by atoms with Crippen LogP contribution in [0.15, 0.2) is 0 Å². The first kappa shape index (κ1) is 15.4. The first-order valence-corrected chi connectivity index (χ1v) is 6.45. The first-order chi connectivity index (χ1) is 8.93. The maximum atomic E-state index is 12.0. The van der Waals surface area contributed by atoms with E-state index in [4.69, 9.17) is 10.8 Å². The molecule has 1 rings (SSSR count). The second-order valence-corrected chi connectivity index (χ2v) is 4.76. The van der Waals surface area contributed by atoms with Crippen molar-refractivity contribution >= 4 is 17.8 Å². The molecule has 2 amide bonds. The van der Waals surface area contributed by atoms with Crippen molar-refractivity contribution in [1.82, 2.24) is 9.80 Å². The van der Waals surface area contributed by atoms with Crippen LogP contribution in [0.3, 0.4) is 0 Å². The quantitative estimate of drug-likeness (QED) is 0.652. The van der Waals surface area contributed by atoms with Crippen molar-refractivity contribution in [2.45, 2.75) is 19.8 Å². The summed E-state index contributed by atoms with van der Waals surface area (Å²) in [6.45, 7) is 3.56. The molecule has 0 aromatic rings. The van der Waals surface area contributed by atoms with Crippen LogP contribution in [0.5, 0.6) is 0 Å². The van der Waals surface area contributed by atoms with E-state index in [1.807, 2.05) is 6.92 Å². The number of carboxylic acids is 1. The monoisotopic (exact) mass is 271 g/mol. The van der Waals surface area contributed by atoms with Crippen LogP contribution in [0, 0.1) is 5.92 Å². The molecule has 0 spiro atoms. The molecule has 1 aliphatic rings. The number of carboxylic acid groups (broad SMARTS) is 1. The number of carbonyl (C=O) groups excluding carboxylic acids is 2. The van der Waals surface area contributed by atoms with Crippen molar-refractivity contribution in [1.29, 1.82) is 0 Å². The molecule has 7 nitrogen and oxygen atoms in total. The van der Waals surface area contributed by atoms with E-state index in [0.29, 0.717) is 32.5 Å². The fourth-order valence-corrected chi connectivity index (χ4v) is 2.17. The Kier molecular flexibility index (Phi) is 5.75. The molecule has 3 N–H and O–H groups in total. The molecule has 0 aromatic heterocycles. The van der Waals surface area contributed by atoms with Gasteiger partial charge in [-0.3, -0.25) is 19.3 Å². The first-order valence-electron chi connectivity index (χ1n) is 6.45. The highest BCUT2D eigenvalue weighted by atomic mass is 16.4. The van der Waals surface area contributed by atoms with E-state index in [1.165, 1.54) is 0 Å². The molecule has 0 aliphatic carbocycles. The Morgan fingerprint density at radius 2 is 1.84 bits per heavy atom. The third-order valence-corrected chi connectivity index (χ3v) is 3.38. The molecule has 108 valence electrons. The molecular formula is C12H21N3O4. The normalized spacial score (nSPS) is 16.6. The average Bonchev–Trinajstić information content (AvgIpc) is 2.37. The van der Waals surface area contributed by atoms with Gasteiger partial charge < -0.3 is 15.7 Å². The smallest absolute Gasteiger partial charge is 0.306 e. The lowest BCUT2D eigenvalue weighted by Crippen LogP contribution is -2.46. The molecule has 0 radical (unpaired) electrons. The number of rotatable bonds is 6. The Hall–Kier alpha value is -1.63. The van der Waals surface area contributed by atoms with Crippen molar-refractivity contribution in [2.24, 2.45) is 11.7 Å². The minimum Gasteiger partial charge on any atom is -0.481 e. The van der Waals surface area contributed by atoms with Crippen LogP contribution >= 0.6 is 0 Å². The fourth-order valence-electron chi connectivity index (χ4n) is 2.17. The van der Waals surface area contributed by atoms with Gasteiger partial charge in [0, 0.05) is 13.1 Å². The molecule has 0 unspecified atom stereocenters. The summed E-state index contributed by atoms with van der Waals surface area (Å²) in [4.78, 5) is 37.0. The lowest BCUT2D eigenvalue weighted by atomic mass is 9.97. The zero-order valence-electron chi connectivity index (χ0n) is 11.2. The van der Waals surface area contributed by atoms with Crippen molar-refractivity contribution in [2.75, 3.05) is 32.7 Å². The van der Waals surface area contributed by atoms with Gasteiger partial charge in [-0.15, -0.1) is 0 Å². The van der Waals surface area contributed by atoms with E-state index in [-0.39, 0.29) is 24.9 Å². The van der Waals surface area contributed by atoms with Crippen LogP contribution in [0.2, 0.25) is 0 Å². The van der Waals surface area contributed by atoms with E-state index in [9.17, 15) is 14.4 Å². The molecule has 0 saturated carbocycles. The van der Waals surface area contributed by atoms with Crippen LogP contribution < -0.4 is 5.73 Å². The summed E-state index contributed by atoms with van der Waals surface area (Å²) < 4.78 is 0. The zero-order chi connectivity index (χ0) is 14.4. The number of likely N-dealkylation sites (tertiary alicyclic amines) is 1. The van der Waals surface area contributed by atoms with Gasteiger partial charge in [-0.2, -0.15) is 0 Å². The molecule has 19 heavy (non-hydrogen) atoms. The van der Waals surface area contributed by atoms with Gasteiger partial charge >= 0.3 is 5.97 Å². The highest BCUT2D eigenvalue weighted by molar-refractivity contribution is 5.80. The molecular weight excluding hydrogens is 250 g/mol. The number of primary amides is 1. The van der Waals surface area contributed by atoms with E-state index >= 15 is 0 Å². The van der Waals surface area contributed by atoms with Crippen LogP contribution in [-0.2, 0) is 14.4 Å². The van der Waals surface area contributed by atoms with E-state index < -0.39 is 11.9 Å². The molecule has 1 saturated heterocycles. The highest BCUT2D eigenvalue weighted by Crippen LogP contribution is 2.17. The predicted octanol–water partition coefficient (Wildman–Crippen LogP) is -0.883. The number of piperidine rings is 1. The molecule has 0 aromatic carbocycles. The Balaban J connectivity index is 2.42. The molecule has 1 fully saturated rings. The number of carbonyl (C=O) groups is 3. The second kappa shape index (κ2) is 7.08. The standard InChI is InChI=1S/C12H21N3O4/c1-2-14(7-10(13)16)8-11(17)15-5-3-9(4-6-15)12(18)19/h9H,2-8H2,1H3,(H2,13,16)(H,18,19). The zero-order valence-corrected chi connectivity index (χ0v) is 11.2. The number of amides is 2. The van der Waals surface area contributed by atoms with Crippen molar-refractivity contribution in [3.8, 4) is 0 Å². The van der Waals surface area contributed by atoms with Crippen LogP contribution in [-0.4, -0.2) is 65.4 Å². The minimum absolute atomic E-state index is 0.0633. The van der Waals surface area contributed by atoms with Gasteiger partial charge in [0.2, 0.25) is 11.8 Å². The number of likely N-dealkylation sites (N-methyl/N-ethyl adjacent to an activating group) is 1. The Morgan fingerprint density at radius 1 is 1.26 bits per heavy atom. The highest BCUT2D eigenvalue weighted by Gasteiger charge is 2.27. The Labute approximate surface area is 112 Å². The summed E-state index contributed by atoms with van der Waals surface area (Å²) in [7, 11) is 0. The number of nitrogens with zero attached hydrogens (tertiary/aromatic N) is 2. The lowest BCUT2D eigenvalue weighted by Gasteiger charge is -2.31. The maximum absolute atomic E-state index is 12.0. The van der Waals surface area contributed by atoms with Gasteiger partial charge in [-0.1, -0.05) is 6.92 Å². The predicted molar refractivity (Wildman–Crippen MR) is 68.2 cm³/mol. The van der Waals surface area contributed by atoms with E-state index in [2.05, 4.69) is 0 Å². The van der Waals surface area contributed by atoms with Crippen molar-refractivity contribution in [3.63, 3.8) is 0 Å². The lowest BCUT2D eigenvalue weighted by molar-refractivity contribution is -0.146. The van der Waals surface area contributed by atoms with Crippen molar-refractivity contribution in [3.05, 3.63) is 0 Å². The van der Waals surface area contributed by atoms with Gasteiger partial charge in [-0.05, 0) is 19.4 Å². The summed E-state index contributed by atoms with van der Waals surface area (Å²) in [5, 5.41) is 8.88. The fraction of sp³-hybridized carbons (Fsp3) is 0.750. The van der Waals surface area contributed by atoms with Gasteiger partial charge in [-0.25, -0.2) is 0 Å². The summed E-state index contributed by atoms with van der Waals surface area (Å²) in [5.41, 5.74) is 5.10. The Bertz CT molecular complexity index is 351. The van der Waals surface area contributed by atoms with Gasteiger partial charge in [0.25, 0.3) is 0 Å². The molecule has 0 atom stereocenters. The second-order valence-electron chi connectivity index (χ2n) is 4.76. The van der Waals surface area contributed by atoms with E-state index in [1.54, 1.807) is 9.80 Å².